The molecule has 1 N–H and O–H groups in total. The van der Waals surface area contributed by atoms with Crippen molar-refractivity contribution in [3.63, 3.8) is 0 Å². The van der Waals surface area contributed by atoms with Crippen LogP contribution in [-0.4, -0.2) is 18.7 Å². The van der Waals surface area contributed by atoms with Crippen molar-refractivity contribution < 1.29 is 14.3 Å². The fourth-order valence-corrected chi connectivity index (χ4v) is 3.00. The fraction of sp³-hybridized carbons (Fsp3) is 0.0833. The minimum Gasteiger partial charge on any atom is -0.490 e. The van der Waals surface area contributed by atoms with Gasteiger partial charge in [0.25, 0.3) is 5.91 Å². The Hall–Kier alpha value is -3.28. The SMILES string of the molecule is C=CCOc1ccc(/C=N\NC(=O)c2ccc(OCc3ccc(Cl)cc3Cl)cc2)cc1. The van der Waals surface area contributed by atoms with Crippen LogP contribution in [0.3, 0.4) is 0 Å². The predicted molar refractivity (Wildman–Crippen MR) is 124 cm³/mol. The highest BCUT2D eigenvalue weighted by atomic mass is 35.5. The van der Waals surface area contributed by atoms with Crippen molar-refractivity contribution in [3.05, 3.63) is 106 Å². The second kappa shape index (κ2) is 11.2. The summed E-state index contributed by atoms with van der Waals surface area (Å²) in [5.41, 5.74) is 4.61. The summed E-state index contributed by atoms with van der Waals surface area (Å²) in [5, 5.41) is 5.10. The first-order valence-corrected chi connectivity index (χ1v) is 10.1. The number of hydrogen-bond donors (Lipinski definition) is 1. The third-order valence-corrected chi connectivity index (χ3v) is 4.74. The normalized spacial score (nSPS) is 10.6. The number of hydrazone groups is 1. The van der Waals surface area contributed by atoms with E-state index in [9.17, 15) is 4.79 Å². The van der Waals surface area contributed by atoms with E-state index < -0.39 is 0 Å². The molecule has 3 aromatic carbocycles. The fourth-order valence-electron chi connectivity index (χ4n) is 2.54. The number of halogens is 2. The first kappa shape index (κ1) is 22.4. The number of amides is 1. The van der Waals surface area contributed by atoms with Crippen LogP contribution in [0.25, 0.3) is 0 Å². The molecule has 0 spiro atoms. The monoisotopic (exact) mass is 454 g/mol. The van der Waals surface area contributed by atoms with E-state index >= 15 is 0 Å². The zero-order valence-electron chi connectivity index (χ0n) is 16.6. The van der Waals surface area contributed by atoms with Crippen molar-refractivity contribution in [3.8, 4) is 11.5 Å². The Morgan fingerprint density at radius 2 is 1.65 bits per heavy atom. The Balaban J connectivity index is 1.50. The molecule has 0 fully saturated rings. The molecule has 0 aliphatic carbocycles. The third kappa shape index (κ3) is 6.88. The van der Waals surface area contributed by atoms with Gasteiger partial charge >= 0.3 is 0 Å². The molecule has 158 valence electrons. The summed E-state index contributed by atoms with van der Waals surface area (Å²) in [4.78, 5) is 12.2. The minimum atomic E-state index is -0.325. The highest BCUT2D eigenvalue weighted by Crippen LogP contribution is 2.23. The predicted octanol–water partition coefficient (Wildman–Crippen LogP) is 5.90. The van der Waals surface area contributed by atoms with Crippen molar-refractivity contribution in [2.75, 3.05) is 6.61 Å². The standard InChI is InChI=1S/C24H20Cl2N2O3/c1-2-13-30-21-9-3-17(4-10-21)15-27-28-24(29)18-6-11-22(12-7-18)31-16-19-5-8-20(25)14-23(19)26/h2-12,14-15H,1,13,16H2,(H,28,29)/b27-15-. The van der Waals surface area contributed by atoms with Crippen LogP contribution in [0, 0.1) is 0 Å². The lowest BCUT2D eigenvalue weighted by atomic mass is 10.2. The molecule has 7 heteroatoms. The summed E-state index contributed by atoms with van der Waals surface area (Å²) in [6.45, 7) is 4.35. The van der Waals surface area contributed by atoms with Crippen LogP contribution in [-0.2, 0) is 6.61 Å². The number of carbonyl (C=O) groups is 1. The van der Waals surface area contributed by atoms with Gasteiger partial charge in [-0.05, 0) is 66.2 Å². The van der Waals surface area contributed by atoms with E-state index in [4.69, 9.17) is 32.7 Å². The Morgan fingerprint density at radius 1 is 0.968 bits per heavy atom. The average Bonchev–Trinajstić information content (AvgIpc) is 2.78. The lowest BCUT2D eigenvalue weighted by Gasteiger charge is -2.08. The van der Waals surface area contributed by atoms with Crippen molar-refractivity contribution >= 4 is 35.3 Å². The molecular weight excluding hydrogens is 435 g/mol. The van der Waals surface area contributed by atoms with Gasteiger partial charge in [0.1, 0.15) is 24.7 Å². The van der Waals surface area contributed by atoms with Gasteiger partial charge in [-0.25, -0.2) is 5.43 Å². The van der Waals surface area contributed by atoms with E-state index in [1.54, 1.807) is 48.7 Å². The van der Waals surface area contributed by atoms with Crippen LogP contribution in [0.1, 0.15) is 21.5 Å². The first-order valence-electron chi connectivity index (χ1n) is 9.39. The molecule has 1 amide bonds. The van der Waals surface area contributed by atoms with Crippen LogP contribution < -0.4 is 14.9 Å². The van der Waals surface area contributed by atoms with E-state index in [0.29, 0.717) is 34.6 Å². The number of benzene rings is 3. The van der Waals surface area contributed by atoms with Gasteiger partial charge < -0.3 is 9.47 Å². The maximum absolute atomic E-state index is 12.2. The summed E-state index contributed by atoms with van der Waals surface area (Å²) in [6, 6.07) is 19.3. The highest BCUT2D eigenvalue weighted by molar-refractivity contribution is 6.35. The molecule has 31 heavy (non-hydrogen) atoms. The Labute approximate surface area is 190 Å². The molecule has 0 heterocycles. The highest BCUT2D eigenvalue weighted by Gasteiger charge is 2.06. The number of ether oxygens (including phenoxy) is 2. The van der Waals surface area contributed by atoms with E-state index in [2.05, 4.69) is 17.1 Å². The molecule has 3 rings (SSSR count). The van der Waals surface area contributed by atoms with Gasteiger partial charge in [-0.3, -0.25) is 4.79 Å². The molecule has 0 unspecified atom stereocenters. The summed E-state index contributed by atoms with van der Waals surface area (Å²) < 4.78 is 11.1. The Kier molecular flexibility index (Phi) is 8.10. The summed E-state index contributed by atoms with van der Waals surface area (Å²) in [6.07, 6.45) is 3.24. The van der Waals surface area contributed by atoms with Gasteiger partial charge in [0.15, 0.2) is 0 Å². The van der Waals surface area contributed by atoms with Crippen LogP contribution >= 0.6 is 23.2 Å². The summed E-state index contributed by atoms with van der Waals surface area (Å²) in [7, 11) is 0. The second-order valence-electron chi connectivity index (χ2n) is 6.42. The molecule has 0 aliphatic heterocycles. The number of nitrogens with one attached hydrogen (secondary N) is 1. The first-order chi connectivity index (χ1) is 15.0. The molecule has 5 nitrogen and oxygen atoms in total. The molecule has 0 saturated carbocycles. The minimum absolute atomic E-state index is 0.295. The third-order valence-electron chi connectivity index (χ3n) is 4.15. The number of hydrogen-bond acceptors (Lipinski definition) is 4. The topological polar surface area (TPSA) is 59.9 Å². The van der Waals surface area contributed by atoms with E-state index in [1.807, 2.05) is 30.3 Å². The summed E-state index contributed by atoms with van der Waals surface area (Å²) in [5.74, 6) is 1.03. The van der Waals surface area contributed by atoms with E-state index in [1.165, 1.54) is 0 Å². The Bertz CT molecular complexity index is 1070. The number of rotatable bonds is 9. The average molecular weight is 455 g/mol. The molecule has 0 atom stereocenters. The van der Waals surface area contributed by atoms with Gasteiger partial charge in [0.2, 0.25) is 0 Å². The molecular formula is C24H20Cl2N2O3. The number of carbonyl (C=O) groups excluding carboxylic acids is 1. The van der Waals surface area contributed by atoms with Gasteiger partial charge in [0, 0.05) is 21.2 Å². The lowest BCUT2D eigenvalue weighted by molar-refractivity contribution is 0.0955. The van der Waals surface area contributed by atoms with Crippen LogP contribution in [0.4, 0.5) is 0 Å². The van der Waals surface area contributed by atoms with Crippen LogP contribution in [0.5, 0.6) is 11.5 Å². The zero-order chi connectivity index (χ0) is 22.1. The molecule has 0 radical (unpaired) electrons. The van der Waals surface area contributed by atoms with E-state index in [0.717, 1.165) is 16.9 Å². The maximum atomic E-state index is 12.2. The van der Waals surface area contributed by atoms with Gasteiger partial charge in [0.05, 0.1) is 6.21 Å². The quantitative estimate of drug-likeness (QED) is 0.248. The molecule has 0 bridgehead atoms. The summed E-state index contributed by atoms with van der Waals surface area (Å²) >= 11 is 12.0. The second-order valence-corrected chi connectivity index (χ2v) is 7.26. The largest absolute Gasteiger partial charge is 0.490 e. The zero-order valence-corrected chi connectivity index (χ0v) is 18.1. The van der Waals surface area contributed by atoms with E-state index in [-0.39, 0.29) is 5.91 Å². The van der Waals surface area contributed by atoms with Crippen molar-refractivity contribution in [2.24, 2.45) is 5.10 Å². The van der Waals surface area contributed by atoms with Gasteiger partial charge in [-0.2, -0.15) is 5.10 Å². The van der Waals surface area contributed by atoms with Gasteiger partial charge in [-0.15, -0.1) is 0 Å². The smallest absolute Gasteiger partial charge is 0.271 e. The molecule has 3 aromatic rings. The maximum Gasteiger partial charge on any atom is 0.271 e. The van der Waals surface area contributed by atoms with Crippen molar-refractivity contribution in [1.82, 2.24) is 5.43 Å². The molecule has 0 aromatic heterocycles. The van der Waals surface area contributed by atoms with Crippen molar-refractivity contribution in [2.45, 2.75) is 6.61 Å². The number of nitrogens with zero attached hydrogens (tertiary/aromatic N) is 1. The van der Waals surface area contributed by atoms with Crippen LogP contribution in [0.15, 0.2) is 84.5 Å². The molecule has 0 saturated heterocycles. The Morgan fingerprint density at radius 3 is 2.32 bits per heavy atom. The van der Waals surface area contributed by atoms with Gasteiger partial charge in [-0.1, -0.05) is 41.9 Å². The van der Waals surface area contributed by atoms with Crippen LogP contribution in [0.2, 0.25) is 10.0 Å². The van der Waals surface area contributed by atoms with Crippen molar-refractivity contribution in [1.29, 1.82) is 0 Å². The molecule has 0 aliphatic rings. The lowest BCUT2D eigenvalue weighted by Crippen LogP contribution is -2.17.